The number of ether oxygens (including phenoxy) is 1. The van der Waals surface area contributed by atoms with Gasteiger partial charge < -0.3 is 20.9 Å². The van der Waals surface area contributed by atoms with Crippen LogP contribution < -0.4 is 11.1 Å². The van der Waals surface area contributed by atoms with Gasteiger partial charge in [-0.25, -0.2) is 0 Å². The second kappa shape index (κ2) is 9.62. The van der Waals surface area contributed by atoms with Crippen molar-refractivity contribution in [1.82, 2.24) is 5.32 Å². The maximum atomic E-state index is 12.5. The van der Waals surface area contributed by atoms with Crippen LogP contribution in [0.2, 0.25) is 0 Å². The number of amides is 1. The minimum Gasteiger partial charge on any atom is -0.396 e. The Bertz CT molecular complexity index is 303. The molecule has 0 spiro atoms. The molecule has 0 bridgehead atoms. The van der Waals surface area contributed by atoms with Crippen molar-refractivity contribution in [3.63, 3.8) is 0 Å². The predicted molar refractivity (Wildman–Crippen MR) is 86.5 cm³/mol. The van der Waals surface area contributed by atoms with Gasteiger partial charge in [0.05, 0.1) is 5.41 Å². The van der Waals surface area contributed by atoms with Crippen molar-refractivity contribution < 1.29 is 14.6 Å². The molecule has 0 aliphatic carbocycles. The van der Waals surface area contributed by atoms with E-state index < -0.39 is 5.41 Å². The number of halogens is 1. The fraction of sp³-hybridized carbons (Fsp3) is 0.933. The normalized spacial score (nSPS) is 17.9. The zero-order chi connectivity index (χ0) is 15.1. The Morgan fingerprint density at radius 1 is 1.33 bits per heavy atom. The quantitative estimate of drug-likeness (QED) is 0.632. The zero-order valence-corrected chi connectivity index (χ0v) is 14.1. The van der Waals surface area contributed by atoms with Crippen molar-refractivity contribution in [3.8, 4) is 0 Å². The second-order valence-electron chi connectivity index (χ2n) is 5.96. The fourth-order valence-corrected chi connectivity index (χ4v) is 2.92. The predicted octanol–water partition coefficient (Wildman–Crippen LogP) is 1.47. The van der Waals surface area contributed by atoms with Gasteiger partial charge in [-0.3, -0.25) is 4.79 Å². The average molecular weight is 323 g/mol. The molecular formula is C15H31ClN2O3. The van der Waals surface area contributed by atoms with Gasteiger partial charge in [-0.1, -0.05) is 13.8 Å². The third kappa shape index (κ3) is 5.09. The van der Waals surface area contributed by atoms with E-state index in [0.29, 0.717) is 39.1 Å². The third-order valence-corrected chi connectivity index (χ3v) is 5.09. The molecule has 1 heterocycles. The van der Waals surface area contributed by atoms with Crippen LogP contribution in [0.3, 0.4) is 0 Å². The molecule has 1 saturated heterocycles. The summed E-state index contributed by atoms with van der Waals surface area (Å²) in [5.41, 5.74) is 5.37. The molecule has 1 fully saturated rings. The average Bonchev–Trinajstić information content (AvgIpc) is 2.52. The van der Waals surface area contributed by atoms with Crippen LogP contribution in [0.15, 0.2) is 0 Å². The number of nitrogens with one attached hydrogen (secondary N) is 1. The summed E-state index contributed by atoms with van der Waals surface area (Å²) < 4.78 is 5.33. The molecular weight excluding hydrogens is 292 g/mol. The molecule has 1 aliphatic rings. The van der Waals surface area contributed by atoms with Crippen LogP contribution >= 0.6 is 12.4 Å². The van der Waals surface area contributed by atoms with E-state index in [0.717, 1.165) is 19.3 Å². The topological polar surface area (TPSA) is 84.6 Å². The monoisotopic (exact) mass is 322 g/mol. The SMILES string of the molecule is CCC(CC)(CCO)CNC(=O)C1(CN)CCOCC1.Cl. The smallest absolute Gasteiger partial charge is 0.227 e. The van der Waals surface area contributed by atoms with Crippen LogP contribution in [0.5, 0.6) is 0 Å². The van der Waals surface area contributed by atoms with E-state index in [4.69, 9.17) is 10.5 Å². The number of hydrogen-bond donors (Lipinski definition) is 3. The minimum absolute atomic E-state index is 0. The highest BCUT2D eigenvalue weighted by molar-refractivity contribution is 5.85. The first-order valence-electron chi connectivity index (χ1n) is 7.75. The summed E-state index contributed by atoms with van der Waals surface area (Å²) >= 11 is 0. The van der Waals surface area contributed by atoms with Crippen molar-refractivity contribution in [2.45, 2.75) is 46.0 Å². The summed E-state index contributed by atoms with van der Waals surface area (Å²) in [6.45, 7) is 6.57. The molecule has 0 aromatic carbocycles. The Labute approximate surface area is 134 Å². The Morgan fingerprint density at radius 2 is 1.90 bits per heavy atom. The third-order valence-electron chi connectivity index (χ3n) is 5.09. The summed E-state index contributed by atoms with van der Waals surface area (Å²) in [6, 6.07) is 0. The van der Waals surface area contributed by atoms with Crippen molar-refractivity contribution in [2.24, 2.45) is 16.6 Å². The van der Waals surface area contributed by atoms with Crippen molar-refractivity contribution in [1.29, 1.82) is 0 Å². The van der Waals surface area contributed by atoms with E-state index in [1.54, 1.807) is 0 Å². The van der Waals surface area contributed by atoms with E-state index in [1.807, 2.05) is 0 Å². The van der Waals surface area contributed by atoms with Crippen LogP contribution in [0.25, 0.3) is 0 Å². The number of nitrogens with two attached hydrogens (primary N) is 1. The lowest BCUT2D eigenvalue weighted by Crippen LogP contribution is -2.51. The number of hydrogen-bond acceptors (Lipinski definition) is 4. The number of aliphatic hydroxyl groups excluding tert-OH is 1. The first-order chi connectivity index (χ1) is 9.58. The van der Waals surface area contributed by atoms with Crippen LogP contribution in [-0.4, -0.2) is 43.9 Å². The van der Waals surface area contributed by atoms with Gasteiger partial charge in [-0.05, 0) is 37.5 Å². The van der Waals surface area contributed by atoms with Crippen LogP contribution in [0, 0.1) is 10.8 Å². The minimum atomic E-state index is -0.468. The largest absolute Gasteiger partial charge is 0.396 e. The summed E-state index contributed by atoms with van der Waals surface area (Å²) in [5.74, 6) is 0.0486. The Hall–Kier alpha value is -0.360. The highest BCUT2D eigenvalue weighted by atomic mass is 35.5. The van der Waals surface area contributed by atoms with Gasteiger partial charge in [0, 0.05) is 32.9 Å². The van der Waals surface area contributed by atoms with Gasteiger partial charge in [0.15, 0.2) is 0 Å². The van der Waals surface area contributed by atoms with Gasteiger partial charge >= 0.3 is 0 Å². The van der Waals surface area contributed by atoms with E-state index in [1.165, 1.54) is 0 Å². The molecule has 0 aromatic rings. The van der Waals surface area contributed by atoms with E-state index >= 15 is 0 Å². The van der Waals surface area contributed by atoms with E-state index in [-0.39, 0.29) is 30.3 Å². The first-order valence-corrected chi connectivity index (χ1v) is 7.75. The van der Waals surface area contributed by atoms with Gasteiger partial charge in [-0.2, -0.15) is 0 Å². The number of carbonyl (C=O) groups is 1. The van der Waals surface area contributed by atoms with Crippen LogP contribution in [0.4, 0.5) is 0 Å². The van der Waals surface area contributed by atoms with Crippen LogP contribution in [0.1, 0.15) is 46.0 Å². The number of aliphatic hydroxyl groups is 1. The summed E-state index contributed by atoms with van der Waals surface area (Å²) in [5, 5.41) is 12.3. The maximum absolute atomic E-state index is 12.5. The number of rotatable bonds is 8. The molecule has 0 unspecified atom stereocenters. The number of carbonyl (C=O) groups excluding carboxylic acids is 1. The Morgan fingerprint density at radius 3 is 2.33 bits per heavy atom. The molecule has 0 atom stereocenters. The molecule has 126 valence electrons. The van der Waals surface area contributed by atoms with Gasteiger partial charge in [0.1, 0.15) is 0 Å². The van der Waals surface area contributed by atoms with E-state index in [9.17, 15) is 9.90 Å². The highest BCUT2D eigenvalue weighted by Gasteiger charge is 2.39. The van der Waals surface area contributed by atoms with Crippen molar-refractivity contribution in [2.75, 3.05) is 32.9 Å². The van der Waals surface area contributed by atoms with Gasteiger partial charge in [0.2, 0.25) is 5.91 Å². The first kappa shape index (κ1) is 20.6. The van der Waals surface area contributed by atoms with Gasteiger partial charge in [0.25, 0.3) is 0 Å². The molecule has 21 heavy (non-hydrogen) atoms. The molecule has 1 rings (SSSR count). The lowest BCUT2D eigenvalue weighted by atomic mass is 9.77. The maximum Gasteiger partial charge on any atom is 0.227 e. The molecule has 4 N–H and O–H groups in total. The van der Waals surface area contributed by atoms with E-state index in [2.05, 4.69) is 19.2 Å². The molecule has 6 heteroatoms. The summed E-state index contributed by atoms with van der Waals surface area (Å²) in [6.07, 6.45) is 4.01. The zero-order valence-electron chi connectivity index (χ0n) is 13.3. The standard InChI is InChI=1S/C15H30N2O3.ClH/c1-3-14(4-2,5-8-18)12-17-13(19)15(11-16)6-9-20-10-7-15;/h18H,3-12,16H2,1-2H3,(H,17,19);1H. The van der Waals surface area contributed by atoms with Crippen LogP contribution in [-0.2, 0) is 9.53 Å². The molecule has 5 nitrogen and oxygen atoms in total. The summed E-state index contributed by atoms with van der Waals surface area (Å²) in [7, 11) is 0. The second-order valence-corrected chi connectivity index (χ2v) is 5.96. The molecule has 0 aromatic heterocycles. The van der Waals surface area contributed by atoms with Gasteiger partial charge in [-0.15, -0.1) is 12.4 Å². The summed E-state index contributed by atoms with van der Waals surface area (Å²) in [4.78, 5) is 12.5. The highest BCUT2D eigenvalue weighted by Crippen LogP contribution is 2.32. The molecule has 1 amide bonds. The fourth-order valence-electron chi connectivity index (χ4n) is 2.92. The Kier molecular flexibility index (Phi) is 9.45. The lowest BCUT2D eigenvalue weighted by molar-refractivity contribution is -0.136. The molecule has 1 aliphatic heterocycles. The van der Waals surface area contributed by atoms with Crippen molar-refractivity contribution >= 4 is 18.3 Å². The molecule has 0 radical (unpaired) electrons. The lowest BCUT2D eigenvalue weighted by Gasteiger charge is -2.37. The van der Waals surface area contributed by atoms with Crippen molar-refractivity contribution in [3.05, 3.63) is 0 Å². The molecule has 0 saturated carbocycles. The Balaban J connectivity index is 0.00000400.